The lowest BCUT2D eigenvalue weighted by Crippen LogP contribution is -2.30. The molecule has 1 aromatic carbocycles. The molecule has 0 unspecified atom stereocenters. The fraction of sp³-hybridized carbons (Fsp3) is 0.316. The van der Waals surface area contributed by atoms with Crippen LogP contribution in [-0.4, -0.2) is 23.4 Å². The van der Waals surface area contributed by atoms with E-state index in [9.17, 15) is 9.59 Å². The van der Waals surface area contributed by atoms with Gasteiger partial charge in [-0.05, 0) is 31.5 Å². The van der Waals surface area contributed by atoms with Gasteiger partial charge in [-0.2, -0.15) is 0 Å². The highest BCUT2D eigenvalue weighted by Crippen LogP contribution is 2.27. The summed E-state index contributed by atoms with van der Waals surface area (Å²) in [7, 11) is 0. The lowest BCUT2D eigenvalue weighted by molar-refractivity contribution is -0.120. The second kappa shape index (κ2) is 8.82. The summed E-state index contributed by atoms with van der Waals surface area (Å²) >= 11 is 0. The normalized spacial score (nSPS) is 11.5. The Labute approximate surface area is 147 Å². The van der Waals surface area contributed by atoms with Crippen molar-refractivity contribution < 1.29 is 14.3 Å². The number of nitrogens with one attached hydrogen (secondary N) is 2. The maximum atomic E-state index is 12.4. The van der Waals surface area contributed by atoms with E-state index in [2.05, 4.69) is 15.6 Å². The molecule has 0 fully saturated rings. The number of pyridine rings is 1. The molecule has 25 heavy (non-hydrogen) atoms. The molecule has 6 heteroatoms. The molecule has 2 aromatic rings. The molecule has 132 valence electrons. The summed E-state index contributed by atoms with van der Waals surface area (Å²) in [6.45, 7) is 5.75. The molecule has 0 aliphatic rings. The van der Waals surface area contributed by atoms with Crippen LogP contribution in [0.2, 0.25) is 0 Å². The second-order valence-electron chi connectivity index (χ2n) is 5.70. The molecule has 1 heterocycles. The van der Waals surface area contributed by atoms with Gasteiger partial charge in [0.05, 0.1) is 19.1 Å². The van der Waals surface area contributed by atoms with Crippen LogP contribution in [0.15, 0.2) is 42.6 Å². The van der Waals surface area contributed by atoms with Crippen molar-refractivity contribution in [3.8, 4) is 5.75 Å². The van der Waals surface area contributed by atoms with Crippen molar-refractivity contribution in [1.82, 2.24) is 10.3 Å². The van der Waals surface area contributed by atoms with Crippen LogP contribution in [0.4, 0.5) is 5.82 Å². The number of amides is 2. The number of aryl methyl sites for hydroxylation is 1. The summed E-state index contributed by atoms with van der Waals surface area (Å²) in [5.74, 6) is 0.694. The molecule has 0 aliphatic heterocycles. The number of carbonyl (C=O) groups excluding carboxylic acids is 2. The minimum absolute atomic E-state index is 0.0826. The molecule has 1 aromatic heterocycles. The third-order valence-corrected chi connectivity index (χ3v) is 3.54. The number of nitrogens with zero attached hydrogens (tertiary/aromatic N) is 1. The van der Waals surface area contributed by atoms with E-state index in [4.69, 9.17) is 4.74 Å². The van der Waals surface area contributed by atoms with E-state index in [1.54, 1.807) is 12.3 Å². The van der Waals surface area contributed by atoms with E-state index in [1.165, 1.54) is 6.92 Å². The molecule has 2 rings (SSSR count). The van der Waals surface area contributed by atoms with E-state index in [-0.39, 0.29) is 18.2 Å². The molecule has 0 aliphatic carbocycles. The van der Waals surface area contributed by atoms with E-state index < -0.39 is 6.04 Å². The first-order valence-electron chi connectivity index (χ1n) is 8.21. The molecule has 0 saturated carbocycles. The average Bonchev–Trinajstić information content (AvgIpc) is 2.57. The fourth-order valence-electron chi connectivity index (χ4n) is 2.46. The standard InChI is InChI=1S/C19H23N3O3/c1-4-25-17-8-6-5-7-15(17)16(21-14(3)23)11-19(24)22-18-10-9-13(2)12-20-18/h5-10,12,16H,4,11H2,1-3H3,(H,21,23)(H,20,22,24)/t16-/m0/s1. The minimum Gasteiger partial charge on any atom is -0.494 e. The van der Waals surface area contributed by atoms with Crippen LogP contribution in [-0.2, 0) is 9.59 Å². The number of benzene rings is 1. The number of rotatable bonds is 7. The number of carbonyl (C=O) groups is 2. The van der Waals surface area contributed by atoms with Gasteiger partial charge in [0.1, 0.15) is 11.6 Å². The van der Waals surface area contributed by atoms with Crippen LogP contribution < -0.4 is 15.4 Å². The highest BCUT2D eigenvalue weighted by Gasteiger charge is 2.20. The van der Waals surface area contributed by atoms with Crippen molar-refractivity contribution in [2.24, 2.45) is 0 Å². The monoisotopic (exact) mass is 341 g/mol. The zero-order valence-corrected chi connectivity index (χ0v) is 14.7. The average molecular weight is 341 g/mol. The van der Waals surface area contributed by atoms with Crippen LogP contribution in [0.25, 0.3) is 0 Å². The first-order chi connectivity index (χ1) is 12.0. The van der Waals surface area contributed by atoms with Crippen LogP contribution >= 0.6 is 0 Å². The summed E-state index contributed by atoms with van der Waals surface area (Å²) in [6.07, 6.45) is 1.77. The number of para-hydroxylation sites is 1. The van der Waals surface area contributed by atoms with Crippen LogP contribution in [0.5, 0.6) is 5.75 Å². The molecule has 0 radical (unpaired) electrons. The predicted octanol–water partition coefficient (Wildman–Crippen LogP) is 2.99. The van der Waals surface area contributed by atoms with Crippen molar-refractivity contribution in [3.05, 3.63) is 53.7 Å². The third-order valence-electron chi connectivity index (χ3n) is 3.54. The van der Waals surface area contributed by atoms with Gasteiger partial charge in [-0.1, -0.05) is 24.3 Å². The lowest BCUT2D eigenvalue weighted by atomic mass is 10.0. The van der Waals surface area contributed by atoms with Gasteiger partial charge in [0.2, 0.25) is 11.8 Å². The van der Waals surface area contributed by atoms with E-state index in [0.29, 0.717) is 18.2 Å². The fourth-order valence-corrected chi connectivity index (χ4v) is 2.46. The number of hydrogen-bond donors (Lipinski definition) is 2. The van der Waals surface area contributed by atoms with E-state index in [1.807, 2.05) is 44.2 Å². The molecule has 1 atom stereocenters. The summed E-state index contributed by atoms with van der Waals surface area (Å²) in [4.78, 5) is 28.1. The van der Waals surface area contributed by atoms with Gasteiger partial charge in [0.15, 0.2) is 0 Å². The molecule has 0 spiro atoms. The number of hydrogen-bond acceptors (Lipinski definition) is 4. The summed E-state index contributed by atoms with van der Waals surface area (Å²) in [5.41, 5.74) is 1.78. The first kappa shape index (κ1) is 18.4. The van der Waals surface area contributed by atoms with E-state index >= 15 is 0 Å². The number of anilines is 1. The number of aromatic nitrogens is 1. The molecule has 2 N–H and O–H groups in total. The summed E-state index contributed by atoms with van der Waals surface area (Å²) in [5, 5.41) is 5.57. The Kier molecular flexibility index (Phi) is 6.51. The maximum absolute atomic E-state index is 12.4. The Balaban J connectivity index is 2.16. The first-order valence-corrected chi connectivity index (χ1v) is 8.21. The Hall–Kier alpha value is -2.89. The van der Waals surface area contributed by atoms with Gasteiger partial charge >= 0.3 is 0 Å². The Morgan fingerprint density at radius 2 is 1.96 bits per heavy atom. The Morgan fingerprint density at radius 1 is 1.20 bits per heavy atom. The van der Waals surface area contributed by atoms with Crippen molar-refractivity contribution in [2.45, 2.75) is 33.2 Å². The largest absolute Gasteiger partial charge is 0.494 e. The Bertz CT molecular complexity index is 729. The molecular formula is C19H23N3O3. The van der Waals surface area contributed by atoms with Crippen LogP contribution in [0.1, 0.15) is 37.4 Å². The van der Waals surface area contributed by atoms with Crippen LogP contribution in [0.3, 0.4) is 0 Å². The quantitative estimate of drug-likeness (QED) is 0.811. The van der Waals surface area contributed by atoms with E-state index in [0.717, 1.165) is 11.1 Å². The summed E-state index contributed by atoms with van der Waals surface area (Å²) < 4.78 is 5.62. The Morgan fingerprint density at radius 3 is 2.60 bits per heavy atom. The molecular weight excluding hydrogens is 318 g/mol. The van der Waals surface area contributed by atoms with Gasteiger partial charge in [-0.15, -0.1) is 0 Å². The van der Waals surface area contributed by atoms with Gasteiger partial charge in [-0.25, -0.2) is 4.98 Å². The topological polar surface area (TPSA) is 80.3 Å². The second-order valence-corrected chi connectivity index (χ2v) is 5.70. The predicted molar refractivity (Wildman–Crippen MR) is 96.4 cm³/mol. The smallest absolute Gasteiger partial charge is 0.227 e. The van der Waals surface area contributed by atoms with Gasteiger partial charge in [-0.3, -0.25) is 9.59 Å². The van der Waals surface area contributed by atoms with Crippen molar-refractivity contribution in [2.75, 3.05) is 11.9 Å². The third kappa shape index (κ3) is 5.60. The highest BCUT2D eigenvalue weighted by atomic mass is 16.5. The molecule has 0 saturated heterocycles. The molecule has 0 bridgehead atoms. The molecule has 6 nitrogen and oxygen atoms in total. The maximum Gasteiger partial charge on any atom is 0.227 e. The zero-order chi connectivity index (χ0) is 18.2. The van der Waals surface area contributed by atoms with Gasteiger partial charge in [0, 0.05) is 18.7 Å². The molecule has 2 amide bonds. The number of ether oxygens (including phenoxy) is 1. The zero-order valence-electron chi connectivity index (χ0n) is 14.7. The van der Waals surface area contributed by atoms with Gasteiger partial charge in [0.25, 0.3) is 0 Å². The highest BCUT2D eigenvalue weighted by molar-refractivity contribution is 5.90. The van der Waals surface area contributed by atoms with Crippen LogP contribution in [0, 0.1) is 6.92 Å². The van der Waals surface area contributed by atoms with Crippen molar-refractivity contribution in [3.63, 3.8) is 0 Å². The SMILES string of the molecule is CCOc1ccccc1[C@H](CC(=O)Nc1ccc(C)cn1)NC(C)=O. The lowest BCUT2D eigenvalue weighted by Gasteiger charge is -2.20. The summed E-state index contributed by atoms with van der Waals surface area (Å²) in [6, 6.07) is 10.5. The van der Waals surface area contributed by atoms with Crippen molar-refractivity contribution in [1.29, 1.82) is 0 Å². The van der Waals surface area contributed by atoms with Gasteiger partial charge < -0.3 is 15.4 Å². The van der Waals surface area contributed by atoms with Crippen molar-refractivity contribution >= 4 is 17.6 Å². The minimum atomic E-state index is -0.481.